The molecule has 4 heteroatoms. The molecule has 1 aliphatic rings. The van der Waals surface area contributed by atoms with Crippen molar-refractivity contribution in [2.45, 2.75) is 45.4 Å². The summed E-state index contributed by atoms with van der Waals surface area (Å²) < 4.78 is 0. The van der Waals surface area contributed by atoms with Crippen molar-refractivity contribution in [3.63, 3.8) is 0 Å². The van der Waals surface area contributed by atoms with Gasteiger partial charge in [-0.25, -0.2) is 0 Å². The van der Waals surface area contributed by atoms with Crippen LogP contribution in [-0.2, 0) is 6.42 Å². The van der Waals surface area contributed by atoms with Crippen LogP contribution < -0.4 is 0 Å². The standard InChI is InChI=1S/C20H29ClN2.ClH/c1-2-3-4-5-7-14-22-16-17-23(18-22)15-8-6-9-19-10-12-20(21)13-11-19;/h6,8,10-13,16-17H,2-5,7,9,14-15,18H2,1H3;1H/b8-6+;. The Hall–Kier alpha value is -1.12. The lowest BCUT2D eigenvalue weighted by molar-refractivity contribution is 0.276. The molecule has 0 saturated carbocycles. The van der Waals surface area contributed by atoms with Crippen LogP contribution in [0.4, 0.5) is 0 Å². The molecule has 0 saturated heterocycles. The highest BCUT2D eigenvalue weighted by Gasteiger charge is 2.09. The summed E-state index contributed by atoms with van der Waals surface area (Å²) in [6, 6.07) is 8.07. The zero-order valence-electron chi connectivity index (χ0n) is 14.7. The van der Waals surface area contributed by atoms with Crippen LogP contribution in [0, 0.1) is 0 Å². The van der Waals surface area contributed by atoms with Crippen LogP contribution in [0.1, 0.15) is 44.6 Å². The Kier molecular flexibility index (Phi) is 10.7. The summed E-state index contributed by atoms with van der Waals surface area (Å²) in [5, 5.41) is 0.801. The van der Waals surface area contributed by atoms with Crippen LogP contribution in [-0.4, -0.2) is 29.6 Å². The topological polar surface area (TPSA) is 6.48 Å². The minimum Gasteiger partial charge on any atom is -0.359 e. The SMILES string of the molecule is CCCCCCCN1C=CN(C/C=C/Cc2ccc(Cl)cc2)C1.Cl. The van der Waals surface area contributed by atoms with Gasteiger partial charge in [-0.15, -0.1) is 12.4 Å². The van der Waals surface area contributed by atoms with Crippen molar-refractivity contribution >= 4 is 24.0 Å². The molecule has 0 fully saturated rings. The summed E-state index contributed by atoms with van der Waals surface area (Å²) in [6.45, 7) is 5.46. The van der Waals surface area contributed by atoms with E-state index in [2.05, 4.69) is 53.4 Å². The molecule has 1 aromatic rings. The van der Waals surface area contributed by atoms with E-state index in [0.29, 0.717) is 0 Å². The first-order valence-corrected chi connectivity index (χ1v) is 9.21. The van der Waals surface area contributed by atoms with Crippen molar-refractivity contribution in [2.75, 3.05) is 19.8 Å². The normalized spacial score (nSPS) is 13.8. The van der Waals surface area contributed by atoms with Crippen LogP contribution in [0.3, 0.4) is 0 Å². The first kappa shape index (κ1) is 20.9. The van der Waals surface area contributed by atoms with E-state index < -0.39 is 0 Å². The molecule has 1 aliphatic heterocycles. The molecule has 2 rings (SSSR count). The minimum absolute atomic E-state index is 0. The number of benzene rings is 1. The minimum atomic E-state index is 0. The van der Waals surface area contributed by atoms with Gasteiger partial charge in [0.05, 0.1) is 6.67 Å². The van der Waals surface area contributed by atoms with E-state index in [1.165, 1.54) is 44.2 Å². The van der Waals surface area contributed by atoms with Gasteiger partial charge in [-0.2, -0.15) is 0 Å². The molecular formula is C20H30Cl2N2. The van der Waals surface area contributed by atoms with Gasteiger partial charge in [0.1, 0.15) is 0 Å². The average molecular weight is 369 g/mol. The lowest BCUT2D eigenvalue weighted by Gasteiger charge is -2.20. The molecule has 0 unspecified atom stereocenters. The first-order valence-electron chi connectivity index (χ1n) is 8.84. The van der Waals surface area contributed by atoms with Crippen molar-refractivity contribution in [1.82, 2.24) is 9.80 Å². The Morgan fingerprint density at radius 1 is 0.958 bits per heavy atom. The number of rotatable bonds is 10. The van der Waals surface area contributed by atoms with E-state index in [4.69, 9.17) is 11.6 Å². The zero-order chi connectivity index (χ0) is 16.3. The van der Waals surface area contributed by atoms with Crippen LogP contribution >= 0.6 is 24.0 Å². The van der Waals surface area contributed by atoms with E-state index >= 15 is 0 Å². The highest BCUT2D eigenvalue weighted by atomic mass is 35.5. The molecule has 1 heterocycles. The molecule has 2 nitrogen and oxygen atoms in total. The number of halogens is 2. The van der Waals surface area contributed by atoms with Crippen LogP contribution in [0.2, 0.25) is 5.02 Å². The summed E-state index contributed by atoms with van der Waals surface area (Å²) >= 11 is 5.90. The van der Waals surface area contributed by atoms with E-state index in [-0.39, 0.29) is 12.4 Å². The van der Waals surface area contributed by atoms with Gasteiger partial charge in [-0.1, -0.05) is 68.5 Å². The maximum Gasteiger partial charge on any atom is 0.0896 e. The molecule has 0 radical (unpaired) electrons. The number of unbranched alkanes of at least 4 members (excludes halogenated alkanes) is 4. The quantitative estimate of drug-likeness (QED) is 0.375. The maximum atomic E-state index is 5.90. The van der Waals surface area contributed by atoms with Crippen LogP contribution in [0.25, 0.3) is 0 Å². The third-order valence-electron chi connectivity index (χ3n) is 4.17. The highest BCUT2D eigenvalue weighted by Crippen LogP contribution is 2.11. The smallest absolute Gasteiger partial charge is 0.0896 e. The van der Waals surface area contributed by atoms with Crippen LogP contribution in [0.15, 0.2) is 48.8 Å². The number of hydrogen-bond donors (Lipinski definition) is 0. The van der Waals surface area contributed by atoms with Crippen molar-refractivity contribution < 1.29 is 0 Å². The highest BCUT2D eigenvalue weighted by molar-refractivity contribution is 6.30. The van der Waals surface area contributed by atoms with Gasteiger partial charge in [0.2, 0.25) is 0 Å². The zero-order valence-corrected chi connectivity index (χ0v) is 16.2. The Labute approximate surface area is 158 Å². The molecule has 0 aliphatic carbocycles. The third-order valence-corrected chi connectivity index (χ3v) is 4.43. The number of nitrogens with zero attached hydrogens (tertiary/aromatic N) is 2. The fraction of sp³-hybridized carbons (Fsp3) is 0.500. The van der Waals surface area contributed by atoms with Gasteiger partial charge in [0.15, 0.2) is 0 Å². The molecule has 0 aromatic heterocycles. The molecule has 134 valence electrons. The van der Waals surface area contributed by atoms with E-state index in [9.17, 15) is 0 Å². The maximum absolute atomic E-state index is 5.90. The Bertz CT molecular complexity index is 497. The van der Waals surface area contributed by atoms with Crippen LogP contribution in [0.5, 0.6) is 0 Å². The van der Waals surface area contributed by atoms with Crippen molar-refractivity contribution in [2.24, 2.45) is 0 Å². The van der Waals surface area contributed by atoms with Gasteiger partial charge in [0, 0.05) is 30.5 Å². The second-order valence-electron chi connectivity index (χ2n) is 6.24. The lowest BCUT2D eigenvalue weighted by Crippen LogP contribution is -2.26. The number of allylic oxidation sites excluding steroid dienone is 1. The fourth-order valence-corrected chi connectivity index (χ4v) is 2.87. The van der Waals surface area contributed by atoms with E-state index in [1.54, 1.807) is 0 Å². The summed E-state index contributed by atoms with van der Waals surface area (Å²) in [5.41, 5.74) is 1.30. The Morgan fingerprint density at radius 3 is 2.42 bits per heavy atom. The van der Waals surface area contributed by atoms with Crippen molar-refractivity contribution in [3.8, 4) is 0 Å². The van der Waals surface area contributed by atoms with Crippen molar-refractivity contribution in [3.05, 3.63) is 59.4 Å². The molecule has 24 heavy (non-hydrogen) atoms. The summed E-state index contributed by atoms with van der Waals surface area (Å²) in [7, 11) is 0. The molecule has 0 atom stereocenters. The largest absolute Gasteiger partial charge is 0.359 e. The van der Waals surface area contributed by atoms with Gasteiger partial charge in [0.25, 0.3) is 0 Å². The Morgan fingerprint density at radius 2 is 1.67 bits per heavy atom. The second-order valence-corrected chi connectivity index (χ2v) is 6.68. The molecule has 0 spiro atoms. The lowest BCUT2D eigenvalue weighted by atomic mass is 10.1. The summed E-state index contributed by atoms with van der Waals surface area (Å²) in [6.07, 6.45) is 16.6. The van der Waals surface area contributed by atoms with E-state index in [0.717, 1.165) is 24.7 Å². The monoisotopic (exact) mass is 368 g/mol. The average Bonchev–Trinajstić information content (AvgIpc) is 3.01. The molecule has 0 bridgehead atoms. The van der Waals surface area contributed by atoms with Gasteiger partial charge < -0.3 is 9.80 Å². The number of hydrogen-bond acceptors (Lipinski definition) is 2. The van der Waals surface area contributed by atoms with Crippen molar-refractivity contribution in [1.29, 1.82) is 0 Å². The fourth-order valence-electron chi connectivity index (χ4n) is 2.75. The molecular weight excluding hydrogens is 339 g/mol. The van der Waals surface area contributed by atoms with Gasteiger partial charge in [-0.05, 0) is 30.5 Å². The summed E-state index contributed by atoms with van der Waals surface area (Å²) in [4.78, 5) is 4.77. The Balaban J connectivity index is 0.00000288. The molecule has 0 amide bonds. The summed E-state index contributed by atoms with van der Waals surface area (Å²) in [5.74, 6) is 0. The van der Waals surface area contributed by atoms with Gasteiger partial charge >= 0.3 is 0 Å². The van der Waals surface area contributed by atoms with E-state index in [1.807, 2.05) is 12.1 Å². The predicted octanol–water partition coefficient (Wildman–Crippen LogP) is 5.88. The molecule has 1 aromatic carbocycles. The third kappa shape index (κ3) is 8.12. The second kappa shape index (κ2) is 12.3. The molecule has 0 N–H and O–H groups in total. The first-order chi connectivity index (χ1) is 11.3. The predicted molar refractivity (Wildman–Crippen MR) is 108 cm³/mol. The van der Waals surface area contributed by atoms with Gasteiger partial charge in [-0.3, -0.25) is 0 Å².